The van der Waals surface area contributed by atoms with Gasteiger partial charge in [-0.3, -0.25) is 9.52 Å². The fraction of sp³-hybridized carbons (Fsp3) is 0.125. The molecule has 0 radical (unpaired) electrons. The fourth-order valence-electron chi connectivity index (χ4n) is 0.805. The van der Waals surface area contributed by atoms with Gasteiger partial charge in [-0.05, 0) is 5.56 Å². The quantitative estimate of drug-likeness (QED) is 0.527. The van der Waals surface area contributed by atoms with Crippen LogP contribution in [-0.2, 0) is 6.54 Å². The van der Waals surface area contributed by atoms with Crippen molar-refractivity contribution in [1.29, 1.82) is 0 Å². The zero-order valence-electron chi connectivity index (χ0n) is 5.95. The highest BCUT2D eigenvalue weighted by atomic mass is 32.1. The summed E-state index contributed by atoms with van der Waals surface area (Å²) in [4.78, 5) is 10.2. The summed E-state index contributed by atoms with van der Waals surface area (Å²) in [5.74, 6) is 0. The lowest BCUT2D eigenvalue weighted by atomic mass is 10.1. The number of aldehydes is 1. The van der Waals surface area contributed by atoms with E-state index in [2.05, 4.69) is 17.5 Å². The van der Waals surface area contributed by atoms with E-state index in [1.807, 2.05) is 12.1 Å². The molecule has 3 heteroatoms. The standard InChI is InChI=1S/C8H9NOS/c10-6-8-3-1-7(2-4-8)5-9-11/h1-4,6,9,11H,5H2. The Kier molecular flexibility index (Phi) is 3.14. The summed E-state index contributed by atoms with van der Waals surface area (Å²) in [7, 11) is 0. The minimum absolute atomic E-state index is 0.702. The lowest BCUT2D eigenvalue weighted by Gasteiger charge is -1.97. The molecule has 1 N–H and O–H groups in total. The molecule has 1 rings (SSSR count). The van der Waals surface area contributed by atoms with Gasteiger partial charge in [-0.1, -0.05) is 37.1 Å². The maximum Gasteiger partial charge on any atom is 0.150 e. The molecule has 0 atom stereocenters. The van der Waals surface area contributed by atoms with Gasteiger partial charge in [0.05, 0.1) is 0 Å². The Bertz CT molecular complexity index is 232. The average Bonchev–Trinajstić information content (AvgIpc) is 2.07. The molecule has 0 aliphatic carbocycles. The van der Waals surface area contributed by atoms with Crippen LogP contribution in [0.5, 0.6) is 0 Å². The smallest absolute Gasteiger partial charge is 0.150 e. The van der Waals surface area contributed by atoms with Crippen LogP contribution in [0.15, 0.2) is 24.3 Å². The van der Waals surface area contributed by atoms with Crippen molar-refractivity contribution in [3.05, 3.63) is 35.4 Å². The zero-order chi connectivity index (χ0) is 8.10. The van der Waals surface area contributed by atoms with E-state index in [1.54, 1.807) is 12.1 Å². The predicted molar refractivity (Wildman–Crippen MR) is 47.7 cm³/mol. The number of benzene rings is 1. The summed E-state index contributed by atoms with van der Waals surface area (Å²) in [6, 6.07) is 7.36. The highest BCUT2D eigenvalue weighted by Gasteiger charge is 1.90. The molecule has 0 aliphatic rings. The Hall–Kier alpha value is -0.800. The van der Waals surface area contributed by atoms with E-state index in [-0.39, 0.29) is 0 Å². The number of rotatable bonds is 3. The Morgan fingerprint density at radius 2 is 2.00 bits per heavy atom. The first-order chi connectivity index (χ1) is 5.36. The molecule has 0 unspecified atom stereocenters. The first-order valence-corrected chi connectivity index (χ1v) is 3.72. The minimum atomic E-state index is 0.702. The van der Waals surface area contributed by atoms with Gasteiger partial charge >= 0.3 is 0 Å². The second-order valence-electron chi connectivity index (χ2n) is 2.19. The van der Waals surface area contributed by atoms with Crippen LogP contribution >= 0.6 is 12.8 Å². The summed E-state index contributed by atoms with van der Waals surface area (Å²) < 4.78 is 2.73. The van der Waals surface area contributed by atoms with E-state index < -0.39 is 0 Å². The second kappa shape index (κ2) is 4.16. The summed E-state index contributed by atoms with van der Waals surface area (Å²) >= 11 is 3.86. The van der Waals surface area contributed by atoms with Gasteiger partial charge < -0.3 is 0 Å². The molecule has 11 heavy (non-hydrogen) atoms. The van der Waals surface area contributed by atoms with Gasteiger partial charge in [-0.25, -0.2) is 0 Å². The van der Waals surface area contributed by atoms with Crippen LogP contribution in [0.25, 0.3) is 0 Å². The Morgan fingerprint density at radius 1 is 1.36 bits per heavy atom. The highest BCUT2D eigenvalue weighted by molar-refractivity contribution is 7.78. The molecule has 0 spiro atoms. The Morgan fingerprint density at radius 3 is 2.45 bits per heavy atom. The molecule has 0 bridgehead atoms. The fourth-order valence-corrected chi connectivity index (χ4v) is 0.988. The predicted octanol–water partition coefficient (Wildman–Crippen LogP) is 1.43. The molecule has 1 aromatic rings. The van der Waals surface area contributed by atoms with Crippen molar-refractivity contribution in [2.24, 2.45) is 0 Å². The van der Waals surface area contributed by atoms with Crippen molar-refractivity contribution in [1.82, 2.24) is 4.72 Å². The first-order valence-electron chi connectivity index (χ1n) is 3.28. The summed E-state index contributed by atoms with van der Waals surface area (Å²) in [5, 5.41) is 0. The van der Waals surface area contributed by atoms with Gasteiger partial charge in [0.1, 0.15) is 6.29 Å². The number of hydrogen-bond donors (Lipinski definition) is 2. The number of carbonyl (C=O) groups is 1. The molecule has 0 fully saturated rings. The third-order valence-electron chi connectivity index (χ3n) is 1.40. The van der Waals surface area contributed by atoms with Gasteiger partial charge in [-0.2, -0.15) is 0 Å². The molecular formula is C8H9NOS. The summed E-state index contributed by atoms with van der Waals surface area (Å²) in [6.45, 7) is 0.711. The van der Waals surface area contributed by atoms with Crippen LogP contribution in [0.1, 0.15) is 15.9 Å². The normalized spacial score (nSPS) is 9.55. The maximum absolute atomic E-state index is 10.2. The van der Waals surface area contributed by atoms with E-state index in [1.165, 1.54) is 0 Å². The van der Waals surface area contributed by atoms with Crippen LogP contribution in [0, 0.1) is 0 Å². The molecule has 2 nitrogen and oxygen atoms in total. The minimum Gasteiger partial charge on any atom is -0.298 e. The van der Waals surface area contributed by atoms with Gasteiger partial charge in [0.2, 0.25) is 0 Å². The lowest BCUT2D eigenvalue weighted by molar-refractivity contribution is 0.112. The van der Waals surface area contributed by atoms with E-state index in [0.717, 1.165) is 11.8 Å². The largest absolute Gasteiger partial charge is 0.298 e. The van der Waals surface area contributed by atoms with Crippen LogP contribution in [0.2, 0.25) is 0 Å². The van der Waals surface area contributed by atoms with Gasteiger partial charge in [0.25, 0.3) is 0 Å². The molecule has 0 aromatic heterocycles. The van der Waals surface area contributed by atoms with Crippen molar-refractivity contribution < 1.29 is 4.79 Å². The molecule has 0 amide bonds. The van der Waals surface area contributed by atoms with Crippen molar-refractivity contribution in [3.8, 4) is 0 Å². The third-order valence-corrected chi connectivity index (χ3v) is 1.56. The van der Waals surface area contributed by atoms with E-state index >= 15 is 0 Å². The lowest BCUT2D eigenvalue weighted by Crippen LogP contribution is -1.97. The number of nitrogens with one attached hydrogen (secondary N) is 1. The van der Waals surface area contributed by atoms with Gasteiger partial charge in [0.15, 0.2) is 0 Å². The van der Waals surface area contributed by atoms with Gasteiger partial charge in [-0.15, -0.1) is 0 Å². The second-order valence-corrected chi connectivity index (χ2v) is 2.51. The maximum atomic E-state index is 10.2. The van der Waals surface area contributed by atoms with Crippen LogP contribution in [0.4, 0.5) is 0 Å². The van der Waals surface area contributed by atoms with Crippen molar-refractivity contribution in [2.75, 3.05) is 0 Å². The van der Waals surface area contributed by atoms with E-state index in [4.69, 9.17) is 0 Å². The van der Waals surface area contributed by atoms with E-state index in [9.17, 15) is 4.79 Å². The molecule has 58 valence electrons. The van der Waals surface area contributed by atoms with Crippen molar-refractivity contribution >= 4 is 19.1 Å². The van der Waals surface area contributed by atoms with Crippen molar-refractivity contribution in [3.63, 3.8) is 0 Å². The molecule has 0 saturated heterocycles. The molecule has 0 heterocycles. The monoisotopic (exact) mass is 167 g/mol. The molecular weight excluding hydrogens is 158 g/mol. The first kappa shape index (κ1) is 8.30. The topological polar surface area (TPSA) is 29.1 Å². The Balaban J connectivity index is 2.74. The van der Waals surface area contributed by atoms with Crippen LogP contribution in [-0.4, -0.2) is 6.29 Å². The summed E-state index contributed by atoms with van der Waals surface area (Å²) in [5.41, 5.74) is 1.82. The number of hydrogen-bond acceptors (Lipinski definition) is 3. The molecule has 0 saturated carbocycles. The van der Waals surface area contributed by atoms with E-state index in [0.29, 0.717) is 12.1 Å². The van der Waals surface area contributed by atoms with Crippen LogP contribution < -0.4 is 4.72 Å². The SMILES string of the molecule is O=Cc1ccc(CNS)cc1. The third kappa shape index (κ3) is 2.37. The highest BCUT2D eigenvalue weighted by Crippen LogP contribution is 2.01. The summed E-state index contributed by atoms with van der Waals surface area (Å²) in [6.07, 6.45) is 0.831. The molecule has 1 aromatic carbocycles. The molecule has 0 aliphatic heterocycles. The average molecular weight is 167 g/mol. The zero-order valence-corrected chi connectivity index (χ0v) is 6.84. The number of thiol groups is 1. The van der Waals surface area contributed by atoms with Crippen molar-refractivity contribution in [2.45, 2.75) is 6.54 Å². The van der Waals surface area contributed by atoms with Crippen LogP contribution in [0.3, 0.4) is 0 Å². The Labute approximate surface area is 71.2 Å². The van der Waals surface area contributed by atoms with Gasteiger partial charge in [0, 0.05) is 12.1 Å². The number of carbonyl (C=O) groups excluding carboxylic acids is 1.